The summed E-state index contributed by atoms with van der Waals surface area (Å²) in [6, 6.07) is 5.65. The van der Waals surface area contributed by atoms with Crippen molar-refractivity contribution in [1.29, 1.82) is 0 Å². The summed E-state index contributed by atoms with van der Waals surface area (Å²) in [5.74, 6) is 0.718. The fraction of sp³-hybridized carbons (Fsp3) is 0.526. The summed E-state index contributed by atoms with van der Waals surface area (Å²) in [4.78, 5) is 2.43. The van der Waals surface area contributed by atoms with E-state index < -0.39 is 11.7 Å². The lowest BCUT2D eigenvalue weighted by molar-refractivity contribution is -0.137. The molecular formula is C19H23F3N4. The van der Waals surface area contributed by atoms with E-state index in [0.717, 1.165) is 62.2 Å². The number of rotatable bonds is 4. The first-order valence-corrected chi connectivity index (χ1v) is 9.27. The lowest BCUT2D eigenvalue weighted by atomic mass is 10.1. The van der Waals surface area contributed by atoms with E-state index >= 15 is 0 Å². The van der Waals surface area contributed by atoms with Crippen LogP contribution in [-0.4, -0.2) is 40.9 Å². The molecule has 4 nitrogen and oxygen atoms in total. The number of halogens is 3. The van der Waals surface area contributed by atoms with E-state index in [4.69, 9.17) is 0 Å². The molecule has 0 atom stereocenters. The van der Waals surface area contributed by atoms with Crippen LogP contribution in [0.1, 0.15) is 36.1 Å². The van der Waals surface area contributed by atoms with Gasteiger partial charge in [0.05, 0.1) is 16.9 Å². The zero-order valence-corrected chi connectivity index (χ0v) is 14.6. The van der Waals surface area contributed by atoms with Crippen molar-refractivity contribution in [1.82, 2.24) is 14.7 Å². The number of likely N-dealkylation sites (tertiary alicyclic amines) is 1. The van der Waals surface area contributed by atoms with Crippen LogP contribution in [0.15, 0.2) is 24.3 Å². The Morgan fingerprint density at radius 2 is 1.85 bits per heavy atom. The zero-order valence-electron chi connectivity index (χ0n) is 14.6. The van der Waals surface area contributed by atoms with E-state index in [2.05, 4.69) is 15.3 Å². The Morgan fingerprint density at radius 3 is 2.62 bits per heavy atom. The van der Waals surface area contributed by atoms with Gasteiger partial charge in [0, 0.05) is 25.1 Å². The van der Waals surface area contributed by atoms with Gasteiger partial charge in [-0.1, -0.05) is 18.6 Å². The van der Waals surface area contributed by atoms with E-state index in [0.29, 0.717) is 0 Å². The minimum absolute atomic E-state index is 0.0925. The number of nitrogens with one attached hydrogen (secondary N) is 1. The molecule has 4 rings (SSSR count). The predicted molar refractivity (Wildman–Crippen MR) is 94.8 cm³/mol. The monoisotopic (exact) mass is 364 g/mol. The molecule has 2 aliphatic rings. The number of fused-ring (bicyclic) bond motifs is 1. The highest BCUT2D eigenvalue weighted by Gasteiger charge is 2.35. The summed E-state index contributed by atoms with van der Waals surface area (Å²) < 4.78 is 41.7. The summed E-state index contributed by atoms with van der Waals surface area (Å²) in [7, 11) is 0. The Kier molecular flexibility index (Phi) is 4.65. The van der Waals surface area contributed by atoms with Crippen LogP contribution in [0.3, 0.4) is 0 Å². The van der Waals surface area contributed by atoms with Crippen molar-refractivity contribution in [2.24, 2.45) is 0 Å². The number of nitrogens with zero attached hydrogens (tertiary/aromatic N) is 3. The molecule has 0 radical (unpaired) electrons. The third-order valence-electron chi connectivity index (χ3n) is 5.29. The summed E-state index contributed by atoms with van der Waals surface area (Å²) in [5.41, 5.74) is 1.43. The van der Waals surface area contributed by atoms with Crippen molar-refractivity contribution < 1.29 is 13.2 Å². The molecule has 1 aromatic heterocycles. The molecule has 140 valence electrons. The van der Waals surface area contributed by atoms with Gasteiger partial charge in [0.2, 0.25) is 0 Å². The number of aromatic nitrogens is 2. The average molecular weight is 364 g/mol. The molecule has 3 heterocycles. The van der Waals surface area contributed by atoms with Crippen LogP contribution in [0.25, 0.3) is 5.69 Å². The van der Waals surface area contributed by atoms with E-state index in [9.17, 15) is 13.2 Å². The van der Waals surface area contributed by atoms with Gasteiger partial charge in [-0.2, -0.15) is 18.3 Å². The SMILES string of the molecule is FC(F)(F)c1ccccc1-n1nc(CCN2CCCCC2)c2c1NCC2. The second kappa shape index (κ2) is 6.95. The molecule has 1 saturated heterocycles. The lowest BCUT2D eigenvalue weighted by Crippen LogP contribution is -2.31. The van der Waals surface area contributed by atoms with Crippen LogP contribution >= 0.6 is 0 Å². The average Bonchev–Trinajstić information content (AvgIpc) is 3.23. The maximum absolute atomic E-state index is 13.4. The highest BCUT2D eigenvalue weighted by Crippen LogP contribution is 2.37. The first-order chi connectivity index (χ1) is 12.5. The van der Waals surface area contributed by atoms with E-state index in [-0.39, 0.29) is 5.69 Å². The van der Waals surface area contributed by atoms with Gasteiger partial charge in [-0.05, 0) is 44.5 Å². The van der Waals surface area contributed by atoms with Crippen LogP contribution in [0.2, 0.25) is 0 Å². The smallest absolute Gasteiger partial charge is 0.369 e. The van der Waals surface area contributed by atoms with Crippen LogP contribution < -0.4 is 5.32 Å². The third-order valence-corrected chi connectivity index (χ3v) is 5.29. The summed E-state index contributed by atoms with van der Waals surface area (Å²) >= 11 is 0. The number of anilines is 1. The highest BCUT2D eigenvalue weighted by molar-refractivity contribution is 5.59. The van der Waals surface area contributed by atoms with Crippen LogP contribution in [-0.2, 0) is 19.0 Å². The third kappa shape index (κ3) is 3.32. The van der Waals surface area contributed by atoms with Crippen molar-refractivity contribution in [3.05, 3.63) is 41.1 Å². The van der Waals surface area contributed by atoms with Crippen LogP contribution in [0.5, 0.6) is 0 Å². The number of para-hydroxylation sites is 1. The van der Waals surface area contributed by atoms with Crippen molar-refractivity contribution in [2.75, 3.05) is 31.5 Å². The molecule has 0 amide bonds. The molecule has 0 aliphatic carbocycles. The molecule has 26 heavy (non-hydrogen) atoms. The van der Waals surface area contributed by atoms with E-state index in [1.807, 2.05) is 0 Å². The zero-order chi connectivity index (χ0) is 18.1. The predicted octanol–water partition coefficient (Wildman–Crippen LogP) is 3.89. The molecule has 7 heteroatoms. The minimum Gasteiger partial charge on any atom is -0.369 e. The Bertz CT molecular complexity index is 776. The van der Waals surface area contributed by atoms with Crippen molar-refractivity contribution in [2.45, 2.75) is 38.3 Å². The van der Waals surface area contributed by atoms with Crippen molar-refractivity contribution in [3.63, 3.8) is 0 Å². The quantitative estimate of drug-likeness (QED) is 0.894. The van der Waals surface area contributed by atoms with E-state index in [1.165, 1.54) is 36.1 Å². The number of alkyl halides is 3. The second-order valence-corrected chi connectivity index (χ2v) is 7.03. The molecule has 1 N–H and O–H groups in total. The fourth-order valence-electron chi connectivity index (χ4n) is 3.97. The van der Waals surface area contributed by atoms with Gasteiger partial charge in [-0.15, -0.1) is 0 Å². The molecule has 0 unspecified atom stereocenters. The number of benzene rings is 1. The molecule has 0 bridgehead atoms. The number of hydrogen-bond acceptors (Lipinski definition) is 3. The Hall–Kier alpha value is -2.02. The molecule has 0 saturated carbocycles. The van der Waals surface area contributed by atoms with Crippen molar-refractivity contribution in [3.8, 4) is 5.69 Å². The Morgan fingerprint density at radius 1 is 1.08 bits per heavy atom. The van der Waals surface area contributed by atoms with Crippen LogP contribution in [0.4, 0.5) is 19.0 Å². The van der Waals surface area contributed by atoms with Gasteiger partial charge < -0.3 is 10.2 Å². The van der Waals surface area contributed by atoms with Crippen molar-refractivity contribution >= 4 is 5.82 Å². The van der Waals surface area contributed by atoms with Crippen LogP contribution in [0, 0.1) is 0 Å². The maximum atomic E-state index is 13.4. The topological polar surface area (TPSA) is 33.1 Å². The second-order valence-electron chi connectivity index (χ2n) is 7.03. The molecule has 2 aromatic rings. The molecular weight excluding hydrogens is 341 g/mol. The van der Waals surface area contributed by atoms with Gasteiger partial charge in [-0.3, -0.25) is 0 Å². The lowest BCUT2D eigenvalue weighted by Gasteiger charge is -2.26. The van der Waals surface area contributed by atoms with Gasteiger partial charge in [-0.25, -0.2) is 4.68 Å². The Balaban J connectivity index is 1.64. The van der Waals surface area contributed by atoms with Gasteiger partial charge in [0.25, 0.3) is 0 Å². The summed E-state index contributed by atoms with van der Waals surface area (Å²) in [6.45, 7) is 3.89. The molecule has 1 fully saturated rings. The van der Waals surface area contributed by atoms with Gasteiger partial charge in [0.15, 0.2) is 0 Å². The summed E-state index contributed by atoms with van der Waals surface area (Å²) in [6.07, 6.45) is 0.949. The molecule has 0 spiro atoms. The van der Waals surface area contributed by atoms with Gasteiger partial charge in [0.1, 0.15) is 5.82 Å². The molecule has 1 aromatic carbocycles. The number of hydrogen-bond donors (Lipinski definition) is 1. The minimum atomic E-state index is -4.40. The summed E-state index contributed by atoms with van der Waals surface area (Å²) in [5, 5.41) is 7.81. The normalized spacial score (nSPS) is 18.0. The standard InChI is InChI=1S/C19H23F3N4/c20-19(21,22)15-6-2-3-7-17(15)26-18-14(8-10-23-18)16(24-26)9-13-25-11-4-1-5-12-25/h2-3,6-7,23H,1,4-5,8-13H2. The number of piperidine rings is 1. The van der Waals surface area contributed by atoms with E-state index in [1.54, 1.807) is 6.07 Å². The fourth-order valence-corrected chi connectivity index (χ4v) is 3.97. The largest absolute Gasteiger partial charge is 0.418 e. The molecule has 2 aliphatic heterocycles. The maximum Gasteiger partial charge on any atom is 0.418 e. The first-order valence-electron chi connectivity index (χ1n) is 9.27. The Labute approximate surface area is 151 Å². The highest BCUT2D eigenvalue weighted by atomic mass is 19.4. The first kappa shape index (κ1) is 17.4. The van der Waals surface area contributed by atoms with Gasteiger partial charge >= 0.3 is 6.18 Å².